The standard InChI is InChI=1S/C39H36FN5O6/c1-49-36-20-31-11-9-29(36)21-41-37(46)24-50-30-8-3-6-26(18-30)27-10-12-33(40)32(19-27)38(47)43-34-23-44(16-13-35(34)51-31)39(48)28-7-2-5-25(17-28)22-45-15-4-14-42-45/h2-12,14-15,17-20,34-35H,13,16,21-24H2,1H3,(H,41,46)(H,43,47)/t34-,35+/m1/s1. The molecule has 4 aromatic carbocycles. The number of rotatable bonds is 4. The van der Waals surface area contributed by atoms with Crippen LogP contribution >= 0.6 is 0 Å². The second-order valence-corrected chi connectivity index (χ2v) is 12.4. The fraction of sp³-hybridized carbons (Fsp3) is 0.231. The van der Waals surface area contributed by atoms with E-state index in [2.05, 4.69) is 15.7 Å². The van der Waals surface area contributed by atoms with E-state index in [1.54, 1.807) is 64.3 Å². The molecule has 3 aliphatic rings. The van der Waals surface area contributed by atoms with Gasteiger partial charge >= 0.3 is 0 Å². The first-order valence-corrected chi connectivity index (χ1v) is 16.6. The summed E-state index contributed by atoms with van der Waals surface area (Å²) in [6, 6.07) is 25.1. The molecule has 3 amide bonds. The number of amides is 3. The van der Waals surface area contributed by atoms with Crippen LogP contribution in [0.1, 0.15) is 38.3 Å². The highest BCUT2D eigenvalue weighted by molar-refractivity contribution is 5.97. The number of piperidine rings is 1. The molecule has 2 atom stereocenters. The molecule has 0 spiro atoms. The molecule has 1 saturated heterocycles. The van der Waals surface area contributed by atoms with Crippen molar-refractivity contribution in [1.29, 1.82) is 0 Å². The number of fused-ring (bicyclic) bond motifs is 7. The summed E-state index contributed by atoms with van der Waals surface area (Å²) in [5.74, 6) is -0.452. The highest BCUT2D eigenvalue weighted by atomic mass is 19.1. The van der Waals surface area contributed by atoms with Crippen LogP contribution in [0.3, 0.4) is 0 Å². The van der Waals surface area contributed by atoms with Gasteiger partial charge in [0.25, 0.3) is 17.7 Å². The Labute approximate surface area is 293 Å². The SMILES string of the molecule is COc1cc2ccc1CNC(=O)COc1cccc(c1)-c1ccc(F)c(c1)C(=O)N[C@@H]1CN(C(=O)c3cccc(Cn4cccn4)c3)CC[C@@H]1O2. The normalized spacial score (nSPS) is 17.6. The molecule has 1 fully saturated rings. The van der Waals surface area contributed by atoms with Gasteiger partial charge in [-0.15, -0.1) is 0 Å². The van der Waals surface area contributed by atoms with Crippen molar-refractivity contribution in [3.63, 3.8) is 0 Å². The van der Waals surface area contributed by atoms with Crippen LogP contribution in [0.15, 0.2) is 103 Å². The van der Waals surface area contributed by atoms with Gasteiger partial charge in [0.1, 0.15) is 29.2 Å². The number of hydrogen-bond acceptors (Lipinski definition) is 7. The summed E-state index contributed by atoms with van der Waals surface area (Å²) in [5.41, 5.74) is 3.25. The van der Waals surface area contributed by atoms with Gasteiger partial charge in [-0.25, -0.2) is 4.39 Å². The Hall–Kier alpha value is -6.17. The van der Waals surface area contributed by atoms with Crippen LogP contribution in [0.5, 0.6) is 17.2 Å². The lowest BCUT2D eigenvalue weighted by Crippen LogP contribution is -2.58. The van der Waals surface area contributed by atoms with E-state index in [0.29, 0.717) is 53.4 Å². The largest absolute Gasteiger partial charge is 0.496 e. The van der Waals surface area contributed by atoms with Crippen molar-refractivity contribution in [3.05, 3.63) is 131 Å². The quantitative estimate of drug-likeness (QED) is 0.277. The van der Waals surface area contributed by atoms with Gasteiger partial charge in [-0.1, -0.05) is 30.3 Å². The molecule has 260 valence electrons. The second kappa shape index (κ2) is 14.8. The molecule has 3 aliphatic heterocycles. The zero-order chi connectivity index (χ0) is 35.3. The van der Waals surface area contributed by atoms with Crippen LogP contribution in [0, 0.1) is 5.82 Å². The third-order valence-electron chi connectivity index (χ3n) is 9.00. The van der Waals surface area contributed by atoms with Gasteiger partial charge in [0.15, 0.2) is 6.61 Å². The van der Waals surface area contributed by atoms with Crippen LogP contribution in [0.25, 0.3) is 11.1 Å². The van der Waals surface area contributed by atoms with Gasteiger partial charge in [-0.2, -0.15) is 5.10 Å². The summed E-state index contributed by atoms with van der Waals surface area (Å²) in [6.45, 7) is 0.984. The molecule has 5 aromatic rings. The monoisotopic (exact) mass is 689 g/mol. The number of methoxy groups -OCH3 is 1. The van der Waals surface area contributed by atoms with Gasteiger partial charge in [-0.3, -0.25) is 19.1 Å². The Morgan fingerprint density at radius 3 is 2.69 bits per heavy atom. The molecule has 0 unspecified atom stereocenters. The molecule has 4 heterocycles. The van der Waals surface area contributed by atoms with Crippen molar-refractivity contribution in [1.82, 2.24) is 25.3 Å². The van der Waals surface area contributed by atoms with Crippen LogP contribution < -0.4 is 24.8 Å². The number of benzene rings is 4. The lowest BCUT2D eigenvalue weighted by molar-refractivity contribution is -0.123. The average Bonchev–Trinajstić information content (AvgIpc) is 3.67. The van der Waals surface area contributed by atoms with Crippen LogP contribution in [0.4, 0.5) is 4.39 Å². The molecule has 2 N–H and O–H groups in total. The van der Waals surface area contributed by atoms with Crippen molar-refractivity contribution in [3.8, 4) is 28.4 Å². The smallest absolute Gasteiger partial charge is 0.258 e. The van der Waals surface area contributed by atoms with E-state index in [1.165, 1.54) is 19.2 Å². The Kier molecular flexibility index (Phi) is 9.64. The van der Waals surface area contributed by atoms with E-state index in [0.717, 1.165) is 11.1 Å². The maximum atomic E-state index is 15.3. The van der Waals surface area contributed by atoms with E-state index < -0.39 is 23.9 Å². The first kappa shape index (κ1) is 33.3. The molecule has 8 rings (SSSR count). The highest BCUT2D eigenvalue weighted by Gasteiger charge is 2.35. The summed E-state index contributed by atoms with van der Waals surface area (Å²) in [4.78, 5) is 42.1. The van der Waals surface area contributed by atoms with E-state index in [-0.39, 0.29) is 37.1 Å². The predicted molar refractivity (Wildman–Crippen MR) is 186 cm³/mol. The third kappa shape index (κ3) is 7.70. The Morgan fingerprint density at radius 1 is 0.980 bits per heavy atom. The van der Waals surface area contributed by atoms with E-state index in [4.69, 9.17) is 14.2 Å². The Morgan fingerprint density at radius 2 is 1.84 bits per heavy atom. The van der Waals surface area contributed by atoms with Gasteiger partial charge < -0.3 is 29.7 Å². The number of aromatic nitrogens is 2. The number of halogens is 1. The first-order valence-electron chi connectivity index (χ1n) is 16.6. The van der Waals surface area contributed by atoms with Crippen molar-refractivity contribution in [2.75, 3.05) is 26.8 Å². The molecule has 0 aliphatic carbocycles. The summed E-state index contributed by atoms with van der Waals surface area (Å²) < 4.78 is 34.9. The Balaban J connectivity index is 1.20. The van der Waals surface area contributed by atoms with E-state index >= 15 is 4.39 Å². The molecule has 0 saturated carbocycles. The molecule has 1 aromatic heterocycles. The second-order valence-electron chi connectivity index (χ2n) is 12.4. The number of carbonyl (C=O) groups excluding carboxylic acids is 3. The summed E-state index contributed by atoms with van der Waals surface area (Å²) >= 11 is 0. The molecular weight excluding hydrogens is 653 g/mol. The minimum Gasteiger partial charge on any atom is -0.496 e. The van der Waals surface area contributed by atoms with Gasteiger partial charge in [0.2, 0.25) is 0 Å². The number of carbonyl (C=O) groups is 3. The lowest BCUT2D eigenvalue weighted by atomic mass is 9.98. The Bertz CT molecular complexity index is 2070. The van der Waals surface area contributed by atoms with Crippen molar-refractivity contribution in [2.45, 2.75) is 31.7 Å². The minimum atomic E-state index is -0.696. The number of nitrogens with zero attached hydrogens (tertiary/aromatic N) is 3. The zero-order valence-corrected chi connectivity index (χ0v) is 27.9. The molecule has 11 nitrogen and oxygen atoms in total. The van der Waals surface area contributed by atoms with Crippen LogP contribution in [-0.2, 0) is 17.9 Å². The first-order chi connectivity index (χ1) is 24.8. The number of nitrogens with one attached hydrogen (secondary N) is 2. The maximum absolute atomic E-state index is 15.3. The van der Waals surface area contributed by atoms with Crippen molar-refractivity contribution >= 4 is 17.7 Å². The summed E-state index contributed by atoms with van der Waals surface area (Å²) in [6.07, 6.45) is 3.38. The topological polar surface area (TPSA) is 124 Å². The molecular formula is C39H36FN5O6. The van der Waals surface area contributed by atoms with E-state index in [1.807, 2.05) is 36.5 Å². The van der Waals surface area contributed by atoms with Gasteiger partial charge in [0.05, 0.1) is 25.3 Å². The molecule has 0 radical (unpaired) electrons. The molecule has 6 bridgehead atoms. The van der Waals surface area contributed by atoms with Gasteiger partial charge in [-0.05, 0) is 71.3 Å². The van der Waals surface area contributed by atoms with E-state index in [9.17, 15) is 14.4 Å². The maximum Gasteiger partial charge on any atom is 0.258 e. The average molecular weight is 690 g/mol. The fourth-order valence-corrected chi connectivity index (χ4v) is 6.36. The highest BCUT2D eigenvalue weighted by Crippen LogP contribution is 2.29. The number of hydrogen-bond donors (Lipinski definition) is 2. The number of ether oxygens (including phenoxy) is 3. The fourth-order valence-electron chi connectivity index (χ4n) is 6.36. The van der Waals surface area contributed by atoms with Crippen LogP contribution in [-0.4, -0.2) is 71.4 Å². The minimum absolute atomic E-state index is 0.126. The molecule has 12 heteroatoms. The summed E-state index contributed by atoms with van der Waals surface area (Å²) in [7, 11) is 1.53. The van der Waals surface area contributed by atoms with Crippen molar-refractivity contribution in [2.24, 2.45) is 0 Å². The lowest BCUT2D eigenvalue weighted by Gasteiger charge is -2.39. The summed E-state index contributed by atoms with van der Waals surface area (Å²) in [5, 5.41) is 10.1. The zero-order valence-electron chi connectivity index (χ0n) is 27.9. The van der Waals surface area contributed by atoms with Gasteiger partial charge in [0, 0.05) is 55.6 Å². The third-order valence-corrected chi connectivity index (χ3v) is 9.00. The molecule has 51 heavy (non-hydrogen) atoms. The van der Waals surface area contributed by atoms with Crippen LogP contribution in [0.2, 0.25) is 0 Å². The van der Waals surface area contributed by atoms with Crippen molar-refractivity contribution < 1.29 is 33.0 Å². The number of likely N-dealkylation sites (tertiary alicyclic amines) is 1. The predicted octanol–water partition coefficient (Wildman–Crippen LogP) is 4.85.